The van der Waals surface area contributed by atoms with Crippen LogP contribution in [0.3, 0.4) is 0 Å². The second-order valence-corrected chi connectivity index (χ2v) is 7.44. The number of aromatic nitrogens is 2. The number of nitrogens with one attached hydrogen (secondary N) is 1. The molecule has 1 fully saturated rings. The van der Waals surface area contributed by atoms with E-state index in [2.05, 4.69) is 10.3 Å². The summed E-state index contributed by atoms with van der Waals surface area (Å²) < 4.78 is 15.2. The van der Waals surface area contributed by atoms with Gasteiger partial charge in [-0.3, -0.25) is 4.79 Å². The molecule has 0 bridgehead atoms. The maximum atomic E-state index is 13.2. The Morgan fingerprint density at radius 1 is 1.19 bits per heavy atom. The second-order valence-electron chi connectivity index (χ2n) is 7.44. The molecule has 0 saturated heterocycles. The predicted molar refractivity (Wildman–Crippen MR) is 104 cm³/mol. The maximum absolute atomic E-state index is 13.2. The summed E-state index contributed by atoms with van der Waals surface area (Å²) >= 11 is 0. The quantitative estimate of drug-likeness (QED) is 0.746. The first kappa shape index (κ1) is 17.7. The van der Waals surface area contributed by atoms with Gasteiger partial charge in [0, 0.05) is 19.3 Å². The summed E-state index contributed by atoms with van der Waals surface area (Å²) in [7, 11) is 1.97. The monoisotopic (exact) mass is 365 g/mol. The van der Waals surface area contributed by atoms with E-state index in [4.69, 9.17) is 0 Å². The number of halogens is 1. The van der Waals surface area contributed by atoms with Crippen LogP contribution in [0.2, 0.25) is 0 Å². The van der Waals surface area contributed by atoms with Crippen LogP contribution in [-0.4, -0.2) is 21.5 Å². The lowest BCUT2D eigenvalue weighted by atomic mass is 9.95. The predicted octanol–water partition coefficient (Wildman–Crippen LogP) is 4.37. The maximum Gasteiger partial charge on any atom is 0.270 e. The fourth-order valence-electron chi connectivity index (χ4n) is 3.97. The lowest BCUT2D eigenvalue weighted by Crippen LogP contribution is -2.36. The Morgan fingerprint density at radius 3 is 2.67 bits per heavy atom. The summed E-state index contributed by atoms with van der Waals surface area (Å²) in [4.78, 5) is 17.4. The van der Waals surface area contributed by atoms with E-state index in [1.807, 2.05) is 29.9 Å². The van der Waals surface area contributed by atoms with Gasteiger partial charge in [0.2, 0.25) is 0 Å². The van der Waals surface area contributed by atoms with Gasteiger partial charge in [-0.15, -0.1) is 0 Å². The number of pyridine rings is 1. The highest BCUT2D eigenvalue weighted by atomic mass is 19.1. The Labute approximate surface area is 158 Å². The summed E-state index contributed by atoms with van der Waals surface area (Å²) in [6, 6.07) is 10.6. The number of hydrogen-bond acceptors (Lipinski definition) is 2. The standard InChI is InChI=1S/C22H24FN3O/c1-26-12-11-19-21(26)16(13-15-7-9-17(23)10-8-15)14-20(25-19)22(27)24-18-5-3-2-4-6-18/h7-12,14,18H,2-6,13H2,1H3,(H,24,27). The van der Waals surface area contributed by atoms with Crippen LogP contribution in [0.5, 0.6) is 0 Å². The molecule has 0 unspecified atom stereocenters. The number of carbonyl (C=O) groups excluding carboxylic acids is 1. The lowest BCUT2D eigenvalue weighted by molar-refractivity contribution is 0.0923. The molecular weight excluding hydrogens is 341 g/mol. The number of fused-ring (bicyclic) bond motifs is 1. The summed E-state index contributed by atoms with van der Waals surface area (Å²) in [6.07, 6.45) is 8.26. The van der Waals surface area contributed by atoms with Crippen LogP contribution in [0.4, 0.5) is 4.39 Å². The fraction of sp³-hybridized carbons (Fsp3) is 0.364. The van der Waals surface area contributed by atoms with E-state index in [9.17, 15) is 9.18 Å². The number of carbonyl (C=O) groups is 1. The van der Waals surface area contributed by atoms with Gasteiger partial charge in [0.1, 0.15) is 11.5 Å². The van der Waals surface area contributed by atoms with Crippen LogP contribution in [0, 0.1) is 5.82 Å². The number of benzene rings is 1. The lowest BCUT2D eigenvalue weighted by Gasteiger charge is -2.22. The van der Waals surface area contributed by atoms with Crippen molar-refractivity contribution < 1.29 is 9.18 Å². The molecule has 1 saturated carbocycles. The Kier molecular flexibility index (Phi) is 4.92. The highest BCUT2D eigenvalue weighted by molar-refractivity contribution is 5.95. The number of hydrogen-bond donors (Lipinski definition) is 1. The first-order valence-corrected chi connectivity index (χ1v) is 9.60. The number of aryl methyl sites for hydroxylation is 1. The second kappa shape index (κ2) is 7.51. The molecule has 1 aromatic carbocycles. The topological polar surface area (TPSA) is 46.9 Å². The summed E-state index contributed by atoms with van der Waals surface area (Å²) in [5, 5.41) is 3.15. The van der Waals surface area contributed by atoms with Gasteiger partial charge in [0.15, 0.2) is 0 Å². The Bertz CT molecular complexity index is 956. The molecule has 1 amide bonds. The zero-order valence-electron chi connectivity index (χ0n) is 15.5. The van der Waals surface area contributed by atoms with Gasteiger partial charge in [-0.25, -0.2) is 9.37 Å². The average Bonchev–Trinajstić information content (AvgIpc) is 3.05. The van der Waals surface area contributed by atoms with Gasteiger partial charge in [-0.2, -0.15) is 0 Å². The molecule has 2 heterocycles. The summed E-state index contributed by atoms with van der Waals surface area (Å²) in [6.45, 7) is 0. The third-order valence-electron chi connectivity index (χ3n) is 5.39. The molecule has 4 rings (SSSR count). The van der Waals surface area contributed by atoms with Gasteiger partial charge in [0.05, 0.1) is 11.0 Å². The summed E-state index contributed by atoms with van der Waals surface area (Å²) in [5.74, 6) is -0.349. The molecule has 2 aromatic heterocycles. The molecule has 140 valence electrons. The van der Waals surface area contributed by atoms with Crippen molar-refractivity contribution in [1.29, 1.82) is 0 Å². The normalized spacial score (nSPS) is 15.2. The molecule has 0 radical (unpaired) electrons. The fourth-order valence-corrected chi connectivity index (χ4v) is 3.97. The average molecular weight is 365 g/mol. The molecule has 3 aromatic rings. The third-order valence-corrected chi connectivity index (χ3v) is 5.39. The Balaban J connectivity index is 1.65. The molecular formula is C22H24FN3O. The summed E-state index contributed by atoms with van der Waals surface area (Å²) in [5.41, 5.74) is 4.30. The third kappa shape index (κ3) is 3.87. The SMILES string of the molecule is Cn1ccc2nc(C(=O)NC3CCCCC3)cc(Cc3ccc(F)cc3)c21. The van der Waals surface area contributed by atoms with E-state index >= 15 is 0 Å². The van der Waals surface area contributed by atoms with Crippen molar-refractivity contribution in [2.24, 2.45) is 7.05 Å². The molecule has 0 spiro atoms. The molecule has 1 aliphatic carbocycles. The van der Waals surface area contributed by atoms with Crippen LogP contribution in [0.1, 0.15) is 53.7 Å². The van der Waals surface area contributed by atoms with Crippen molar-refractivity contribution >= 4 is 16.9 Å². The van der Waals surface area contributed by atoms with Gasteiger partial charge in [-0.1, -0.05) is 31.4 Å². The van der Waals surface area contributed by atoms with Gasteiger partial charge >= 0.3 is 0 Å². The van der Waals surface area contributed by atoms with E-state index in [0.717, 1.165) is 35.0 Å². The van der Waals surface area contributed by atoms with Crippen LogP contribution < -0.4 is 5.32 Å². The minimum Gasteiger partial charge on any atom is -0.349 e. The minimum absolute atomic E-state index is 0.104. The van der Waals surface area contributed by atoms with Crippen LogP contribution in [0.25, 0.3) is 11.0 Å². The number of amides is 1. The molecule has 0 aliphatic heterocycles. The zero-order chi connectivity index (χ0) is 18.8. The highest BCUT2D eigenvalue weighted by Crippen LogP contribution is 2.23. The van der Waals surface area contributed by atoms with Crippen LogP contribution in [0.15, 0.2) is 42.6 Å². The van der Waals surface area contributed by atoms with E-state index in [0.29, 0.717) is 12.1 Å². The minimum atomic E-state index is -0.245. The van der Waals surface area contributed by atoms with E-state index < -0.39 is 0 Å². The van der Waals surface area contributed by atoms with Gasteiger partial charge in [0.25, 0.3) is 5.91 Å². The van der Waals surface area contributed by atoms with Crippen molar-refractivity contribution in [2.75, 3.05) is 0 Å². The van der Waals surface area contributed by atoms with Crippen molar-refractivity contribution in [3.05, 3.63) is 65.2 Å². The van der Waals surface area contributed by atoms with Gasteiger partial charge < -0.3 is 9.88 Å². The van der Waals surface area contributed by atoms with E-state index in [1.165, 1.54) is 31.4 Å². The Morgan fingerprint density at radius 2 is 1.93 bits per heavy atom. The van der Waals surface area contributed by atoms with Crippen LogP contribution in [-0.2, 0) is 13.5 Å². The van der Waals surface area contributed by atoms with Crippen LogP contribution >= 0.6 is 0 Å². The molecule has 4 nitrogen and oxygen atoms in total. The smallest absolute Gasteiger partial charge is 0.270 e. The highest BCUT2D eigenvalue weighted by Gasteiger charge is 2.19. The van der Waals surface area contributed by atoms with Crippen molar-refractivity contribution in [1.82, 2.24) is 14.9 Å². The molecule has 1 N–H and O–H groups in total. The first-order valence-electron chi connectivity index (χ1n) is 9.60. The first-order chi connectivity index (χ1) is 13.1. The number of rotatable bonds is 4. The van der Waals surface area contributed by atoms with Crippen molar-refractivity contribution in [2.45, 2.75) is 44.6 Å². The van der Waals surface area contributed by atoms with Gasteiger partial charge in [-0.05, 0) is 54.7 Å². The van der Waals surface area contributed by atoms with Crippen molar-refractivity contribution in [3.8, 4) is 0 Å². The molecule has 27 heavy (non-hydrogen) atoms. The van der Waals surface area contributed by atoms with E-state index in [1.54, 1.807) is 12.1 Å². The molecule has 0 atom stereocenters. The Hall–Kier alpha value is -2.69. The zero-order valence-corrected chi connectivity index (χ0v) is 15.5. The molecule has 1 aliphatic rings. The largest absolute Gasteiger partial charge is 0.349 e. The van der Waals surface area contributed by atoms with E-state index in [-0.39, 0.29) is 17.8 Å². The number of nitrogens with zero attached hydrogens (tertiary/aromatic N) is 2. The molecule has 5 heteroatoms. The van der Waals surface area contributed by atoms with Crippen molar-refractivity contribution in [3.63, 3.8) is 0 Å².